The molecule has 7 nitrogen and oxygen atoms in total. The predicted molar refractivity (Wildman–Crippen MR) is 86.2 cm³/mol. The summed E-state index contributed by atoms with van der Waals surface area (Å²) in [6.45, 7) is 6.97. The van der Waals surface area contributed by atoms with Crippen LogP contribution in [0.1, 0.15) is 6.92 Å². The Morgan fingerprint density at radius 2 is 2.23 bits per heavy atom. The maximum atomic E-state index is 9.10. The van der Waals surface area contributed by atoms with Crippen LogP contribution in [-0.4, -0.2) is 84.0 Å². The number of aliphatic hydroxyl groups is 1. The molecule has 0 amide bonds. The van der Waals surface area contributed by atoms with E-state index in [0.717, 1.165) is 37.6 Å². The molecule has 1 atom stereocenters. The Bertz CT molecular complexity index is 552. The van der Waals surface area contributed by atoms with Crippen LogP contribution in [0.25, 0.3) is 0 Å². The summed E-state index contributed by atoms with van der Waals surface area (Å²) in [5.74, 6) is 6.11. The van der Waals surface area contributed by atoms with Crippen LogP contribution in [-0.2, 0) is 0 Å². The first-order chi connectivity index (χ1) is 10.8. The molecular weight excluding hydrogens is 280 g/mol. The number of β-amino-alcohol motifs (C(OH)–C–C–N with tert-alkyl or cyclic N) is 1. The first kappa shape index (κ1) is 15.0. The number of hydrogen-bond acceptors (Lipinski definition) is 7. The van der Waals surface area contributed by atoms with Crippen molar-refractivity contribution in [3.63, 3.8) is 0 Å². The van der Waals surface area contributed by atoms with E-state index in [1.807, 2.05) is 13.1 Å². The molecule has 0 aromatic carbocycles. The van der Waals surface area contributed by atoms with Gasteiger partial charge in [0.05, 0.1) is 31.6 Å². The highest BCUT2D eigenvalue weighted by Crippen LogP contribution is 2.25. The van der Waals surface area contributed by atoms with E-state index >= 15 is 0 Å². The van der Waals surface area contributed by atoms with E-state index in [4.69, 9.17) is 10.1 Å². The number of rotatable bonds is 4. The largest absolute Gasteiger partial charge is 0.394 e. The van der Waals surface area contributed by atoms with E-state index in [9.17, 15) is 0 Å². The first-order valence-electron chi connectivity index (χ1n) is 7.66. The molecule has 7 heteroatoms. The van der Waals surface area contributed by atoms with Gasteiger partial charge >= 0.3 is 0 Å². The van der Waals surface area contributed by atoms with Crippen molar-refractivity contribution in [2.75, 3.05) is 45.9 Å². The summed E-state index contributed by atoms with van der Waals surface area (Å²) in [6, 6.07) is 0. The zero-order chi connectivity index (χ0) is 15.4. The molecule has 118 valence electrons. The topological polar surface area (TPSA) is 66.7 Å². The fourth-order valence-electron chi connectivity index (χ4n) is 2.82. The van der Waals surface area contributed by atoms with Gasteiger partial charge in [0.25, 0.3) is 0 Å². The minimum atomic E-state index is -0.00951. The summed E-state index contributed by atoms with van der Waals surface area (Å²) in [5.41, 5.74) is 1.94. The number of nitrogens with zero attached hydrogens (tertiary/aromatic N) is 5. The van der Waals surface area contributed by atoms with Crippen LogP contribution in [0.15, 0.2) is 22.0 Å². The lowest BCUT2D eigenvalue weighted by Gasteiger charge is -2.36. The summed E-state index contributed by atoms with van der Waals surface area (Å²) >= 11 is 0. The van der Waals surface area contributed by atoms with Crippen molar-refractivity contribution in [1.29, 1.82) is 0 Å². The molecule has 22 heavy (non-hydrogen) atoms. The number of hydrogen-bond donors (Lipinski definition) is 2. The number of hydrazone groups is 1. The van der Waals surface area contributed by atoms with Crippen LogP contribution in [0.3, 0.4) is 0 Å². The number of nitrogens with one attached hydrogen (secondary N) is 1. The van der Waals surface area contributed by atoms with E-state index in [1.165, 1.54) is 0 Å². The number of piperazine rings is 1. The Kier molecular flexibility index (Phi) is 4.73. The van der Waals surface area contributed by atoms with Crippen molar-refractivity contribution in [2.45, 2.75) is 13.2 Å². The molecule has 0 spiro atoms. The lowest BCUT2D eigenvalue weighted by atomic mass is 10.2. The fourth-order valence-corrected chi connectivity index (χ4v) is 2.82. The Morgan fingerprint density at radius 1 is 1.41 bits per heavy atom. The molecule has 0 radical (unpaired) electrons. The molecule has 0 aliphatic carbocycles. The Labute approximate surface area is 131 Å². The Balaban J connectivity index is 1.83. The SMILES string of the molecule is CC#CCN1C2=CN(CCO)N=CC2=NC1N1CCNCC1. The zero-order valence-electron chi connectivity index (χ0n) is 12.9. The summed E-state index contributed by atoms with van der Waals surface area (Å²) in [4.78, 5) is 9.41. The van der Waals surface area contributed by atoms with Gasteiger partial charge in [0.1, 0.15) is 5.71 Å². The third-order valence-electron chi connectivity index (χ3n) is 3.94. The van der Waals surface area contributed by atoms with Gasteiger partial charge in [-0.1, -0.05) is 5.92 Å². The number of aliphatic hydroxyl groups excluding tert-OH is 1. The van der Waals surface area contributed by atoms with Crippen molar-refractivity contribution >= 4 is 11.9 Å². The summed E-state index contributed by atoms with van der Waals surface area (Å²) < 4.78 is 0. The second kappa shape index (κ2) is 6.92. The van der Waals surface area contributed by atoms with Gasteiger partial charge in [-0.15, -0.1) is 5.92 Å². The Morgan fingerprint density at radius 3 is 2.95 bits per heavy atom. The highest BCUT2D eigenvalue weighted by atomic mass is 16.3. The van der Waals surface area contributed by atoms with Crippen LogP contribution >= 0.6 is 0 Å². The van der Waals surface area contributed by atoms with Crippen molar-refractivity contribution in [3.8, 4) is 11.8 Å². The quantitative estimate of drug-likeness (QED) is 0.658. The normalized spacial score (nSPS) is 24.5. The van der Waals surface area contributed by atoms with E-state index in [0.29, 0.717) is 13.1 Å². The van der Waals surface area contributed by atoms with Crippen LogP contribution in [0.5, 0.6) is 0 Å². The van der Waals surface area contributed by atoms with E-state index in [2.05, 4.69) is 32.1 Å². The molecule has 3 heterocycles. The highest BCUT2D eigenvalue weighted by Gasteiger charge is 2.35. The molecule has 0 saturated carbocycles. The molecule has 0 aromatic heterocycles. The summed E-state index contributed by atoms with van der Waals surface area (Å²) in [7, 11) is 0. The molecule has 3 rings (SSSR count). The van der Waals surface area contributed by atoms with Gasteiger partial charge in [-0.25, -0.2) is 4.99 Å². The van der Waals surface area contributed by atoms with Gasteiger partial charge in [-0.05, 0) is 6.92 Å². The monoisotopic (exact) mass is 302 g/mol. The Hall–Kier alpha value is -1.88. The molecule has 3 aliphatic heterocycles. The van der Waals surface area contributed by atoms with Crippen LogP contribution < -0.4 is 5.32 Å². The average molecular weight is 302 g/mol. The number of allylic oxidation sites excluding steroid dienone is 1. The molecule has 1 fully saturated rings. The van der Waals surface area contributed by atoms with Gasteiger partial charge in [-0.2, -0.15) is 5.10 Å². The van der Waals surface area contributed by atoms with Crippen molar-refractivity contribution in [3.05, 3.63) is 11.9 Å². The standard InChI is InChI=1S/C15H22N6O/c1-2-3-6-21-14-12-20(9-10-22)17-11-13(14)18-15(21)19-7-4-16-5-8-19/h11-12,15-16,22H,4-10H2,1H3. The minimum Gasteiger partial charge on any atom is -0.394 e. The van der Waals surface area contributed by atoms with Gasteiger partial charge in [0, 0.05) is 32.4 Å². The third-order valence-corrected chi connectivity index (χ3v) is 3.94. The van der Waals surface area contributed by atoms with Gasteiger partial charge < -0.3 is 15.3 Å². The maximum absolute atomic E-state index is 9.10. The van der Waals surface area contributed by atoms with Crippen molar-refractivity contribution in [2.24, 2.45) is 10.1 Å². The average Bonchev–Trinajstić information content (AvgIpc) is 2.92. The van der Waals surface area contributed by atoms with Gasteiger partial charge in [0.15, 0.2) is 6.29 Å². The second-order valence-electron chi connectivity index (χ2n) is 5.35. The van der Waals surface area contributed by atoms with Crippen LogP contribution in [0.2, 0.25) is 0 Å². The van der Waals surface area contributed by atoms with E-state index < -0.39 is 0 Å². The predicted octanol–water partition coefficient (Wildman–Crippen LogP) is -0.910. The molecule has 2 N–H and O–H groups in total. The zero-order valence-corrected chi connectivity index (χ0v) is 12.9. The molecule has 0 bridgehead atoms. The maximum Gasteiger partial charge on any atom is 0.180 e. The molecule has 1 unspecified atom stereocenters. The molecular formula is C15H22N6O. The lowest BCUT2D eigenvalue weighted by molar-refractivity contribution is 0.0829. The van der Waals surface area contributed by atoms with Gasteiger partial charge in [-0.3, -0.25) is 9.91 Å². The summed E-state index contributed by atoms with van der Waals surface area (Å²) in [6.07, 6.45) is 3.72. The number of fused-ring (bicyclic) bond motifs is 1. The summed E-state index contributed by atoms with van der Waals surface area (Å²) in [5, 5.41) is 18.5. The van der Waals surface area contributed by atoms with Crippen LogP contribution in [0.4, 0.5) is 0 Å². The second-order valence-corrected chi connectivity index (χ2v) is 5.35. The highest BCUT2D eigenvalue weighted by molar-refractivity contribution is 6.39. The minimum absolute atomic E-state index is 0.00951. The van der Waals surface area contributed by atoms with E-state index in [1.54, 1.807) is 11.2 Å². The third kappa shape index (κ3) is 2.99. The molecule has 0 aromatic rings. The smallest absolute Gasteiger partial charge is 0.180 e. The lowest BCUT2D eigenvalue weighted by Crippen LogP contribution is -2.52. The van der Waals surface area contributed by atoms with Crippen molar-refractivity contribution < 1.29 is 5.11 Å². The fraction of sp³-hybridized carbons (Fsp3) is 0.600. The van der Waals surface area contributed by atoms with E-state index in [-0.39, 0.29) is 12.9 Å². The number of aliphatic imine (C=N–C) groups is 1. The van der Waals surface area contributed by atoms with Crippen molar-refractivity contribution in [1.82, 2.24) is 20.1 Å². The molecule has 3 aliphatic rings. The molecule has 1 saturated heterocycles. The first-order valence-corrected chi connectivity index (χ1v) is 7.66. The van der Waals surface area contributed by atoms with Gasteiger partial charge in [0.2, 0.25) is 0 Å². The van der Waals surface area contributed by atoms with Crippen LogP contribution in [0, 0.1) is 11.8 Å².